The molecule has 2 amide bonds. The van der Waals surface area contributed by atoms with E-state index in [-0.39, 0.29) is 36.9 Å². The van der Waals surface area contributed by atoms with Crippen LogP contribution in [0.5, 0.6) is 0 Å². The fourth-order valence-electron chi connectivity index (χ4n) is 4.37. The van der Waals surface area contributed by atoms with Gasteiger partial charge in [0.25, 0.3) is 5.91 Å². The maximum atomic E-state index is 13.7. The lowest BCUT2D eigenvalue weighted by molar-refractivity contribution is -0.129. The Kier molecular flexibility index (Phi) is 7.34. The Hall–Kier alpha value is -3.08. The third kappa shape index (κ3) is 5.00. The number of pyridine rings is 1. The maximum Gasteiger partial charge on any atom is 0.272 e. The Balaban J connectivity index is 1.71. The number of carbonyl (C=O) groups is 2. The highest BCUT2D eigenvalue weighted by Crippen LogP contribution is 2.45. The fraction of sp³-hybridized carbons (Fsp3) is 0.320. The predicted molar refractivity (Wildman–Crippen MR) is 134 cm³/mol. The first-order chi connectivity index (χ1) is 16.8. The molecule has 1 aromatic carbocycles. The molecule has 0 radical (unpaired) electrons. The molecule has 2 N–H and O–H groups in total. The minimum atomic E-state index is -3.88. The van der Waals surface area contributed by atoms with Crippen LogP contribution in [0.3, 0.4) is 0 Å². The molecule has 35 heavy (non-hydrogen) atoms. The van der Waals surface area contributed by atoms with E-state index in [4.69, 9.17) is 0 Å². The molecule has 8 nitrogen and oxygen atoms in total. The highest BCUT2D eigenvalue weighted by atomic mass is 32.2. The summed E-state index contributed by atoms with van der Waals surface area (Å²) in [5, 5.41) is 9.22. The summed E-state index contributed by atoms with van der Waals surface area (Å²) in [5.74, 6) is -1.45. The molecule has 184 valence electrons. The number of benzene rings is 1. The molecule has 2 aromatic heterocycles. The molecule has 1 aliphatic rings. The standard InChI is InChI=1S/C25H27N3O5S2/c1-2-18-6-8-19(9-7-18)21-10-11-22(34-21)25(17-23(29)27-31)12-14-28(15-16-35(25,32)33)24(30)20-5-3-4-13-26-20/h3-11,13,31H,2,12,14-17H2,1H3,(H,27,29)/t25-/m0/s1. The van der Waals surface area contributed by atoms with E-state index in [1.54, 1.807) is 29.7 Å². The lowest BCUT2D eigenvalue weighted by atomic mass is 9.97. The van der Waals surface area contributed by atoms with Crippen molar-refractivity contribution in [3.63, 3.8) is 0 Å². The quantitative estimate of drug-likeness (QED) is 0.385. The van der Waals surface area contributed by atoms with E-state index >= 15 is 0 Å². The van der Waals surface area contributed by atoms with Gasteiger partial charge in [-0.15, -0.1) is 11.3 Å². The largest absolute Gasteiger partial charge is 0.336 e. The fourth-order valence-corrected chi connectivity index (χ4v) is 7.97. The van der Waals surface area contributed by atoms with Crippen molar-refractivity contribution < 1.29 is 23.2 Å². The van der Waals surface area contributed by atoms with Crippen molar-refractivity contribution in [1.82, 2.24) is 15.4 Å². The second-order valence-electron chi connectivity index (χ2n) is 8.50. The van der Waals surface area contributed by atoms with Gasteiger partial charge in [-0.1, -0.05) is 37.3 Å². The number of carbonyl (C=O) groups excluding carboxylic acids is 2. The van der Waals surface area contributed by atoms with Gasteiger partial charge in [-0.3, -0.25) is 19.8 Å². The molecule has 0 spiro atoms. The molecule has 4 rings (SSSR count). The summed E-state index contributed by atoms with van der Waals surface area (Å²) in [6.07, 6.45) is 2.02. The SMILES string of the molecule is CCc1ccc(-c2ccc([C@@]3(CC(=O)NO)CCN(C(=O)c4ccccn4)CCS3(=O)=O)s2)cc1. The van der Waals surface area contributed by atoms with Crippen molar-refractivity contribution >= 4 is 33.0 Å². The highest BCUT2D eigenvalue weighted by Gasteiger charge is 2.50. The summed E-state index contributed by atoms with van der Waals surface area (Å²) in [4.78, 5) is 32.3. The summed E-state index contributed by atoms with van der Waals surface area (Å²) in [6.45, 7) is 2.20. The van der Waals surface area contributed by atoms with Crippen LogP contribution in [0.2, 0.25) is 0 Å². The Labute approximate surface area is 208 Å². The number of hydrogen-bond donors (Lipinski definition) is 2. The Morgan fingerprint density at radius 1 is 1.11 bits per heavy atom. The van der Waals surface area contributed by atoms with Crippen LogP contribution in [0.25, 0.3) is 10.4 Å². The molecule has 1 saturated heterocycles. The molecule has 1 fully saturated rings. The third-order valence-corrected chi connectivity index (χ3v) is 10.4. The van der Waals surface area contributed by atoms with E-state index in [1.165, 1.54) is 28.0 Å². The van der Waals surface area contributed by atoms with E-state index in [2.05, 4.69) is 11.9 Å². The molecule has 3 aromatic rings. The average molecular weight is 514 g/mol. The highest BCUT2D eigenvalue weighted by molar-refractivity contribution is 7.92. The van der Waals surface area contributed by atoms with Crippen molar-refractivity contribution in [2.45, 2.75) is 30.9 Å². The van der Waals surface area contributed by atoms with Gasteiger partial charge in [-0.25, -0.2) is 13.9 Å². The van der Waals surface area contributed by atoms with Gasteiger partial charge in [0.15, 0.2) is 9.84 Å². The molecule has 1 atom stereocenters. The number of aryl methyl sites for hydroxylation is 1. The average Bonchev–Trinajstić information content (AvgIpc) is 3.34. The second kappa shape index (κ2) is 10.3. The minimum Gasteiger partial charge on any atom is -0.336 e. The first-order valence-corrected chi connectivity index (χ1v) is 13.8. The zero-order valence-corrected chi connectivity index (χ0v) is 20.9. The minimum absolute atomic E-state index is 0.00303. The van der Waals surface area contributed by atoms with Crippen LogP contribution in [0.15, 0.2) is 60.8 Å². The number of aromatic nitrogens is 1. The third-order valence-electron chi connectivity index (χ3n) is 6.45. The van der Waals surface area contributed by atoms with Crippen molar-refractivity contribution in [3.05, 3.63) is 76.9 Å². The van der Waals surface area contributed by atoms with Crippen LogP contribution in [0.4, 0.5) is 0 Å². The van der Waals surface area contributed by atoms with Crippen LogP contribution in [0.1, 0.15) is 40.7 Å². The molecular formula is C25H27N3O5S2. The van der Waals surface area contributed by atoms with Gasteiger partial charge < -0.3 is 4.90 Å². The molecule has 1 aliphatic heterocycles. The zero-order chi connectivity index (χ0) is 25.1. The molecule has 3 heterocycles. The van der Waals surface area contributed by atoms with Gasteiger partial charge in [0.05, 0.1) is 12.2 Å². The molecule has 0 unspecified atom stereocenters. The molecule has 0 saturated carbocycles. The summed E-state index contributed by atoms with van der Waals surface area (Å²) in [6, 6.07) is 16.6. The van der Waals surface area contributed by atoms with Crippen molar-refractivity contribution in [2.24, 2.45) is 0 Å². The van der Waals surface area contributed by atoms with E-state index in [0.29, 0.717) is 4.88 Å². The number of nitrogens with one attached hydrogen (secondary N) is 1. The molecular weight excluding hydrogens is 486 g/mol. The molecule has 0 aliphatic carbocycles. The predicted octanol–water partition coefficient (Wildman–Crippen LogP) is 3.42. The lowest BCUT2D eigenvalue weighted by Crippen LogP contribution is -2.41. The normalized spacial score (nSPS) is 19.7. The molecule has 10 heteroatoms. The van der Waals surface area contributed by atoms with E-state index < -0.39 is 26.9 Å². The van der Waals surface area contributed by atoms with Crippen LogP contribution >= 0.6 is 11.3 Å². The van der Waals surface area contributed by atoms with Gasteiger partial charge in [0.2, 0.25) is 5.91 Å². The number of hydrogen-bond acceptors (Lipinski definition) is 7. The van der Waals surface area contributed by atoms with Gasteiger partial charge in [-0.2, -0.15) is 0 Å². The van der Waals surface area contributed by atoms with E-state index in [0.717, 1.165) is 16.9 Å². The second-order valence-corrected chi connectivity index (χ2v) is 12.0. The van der Waals surface area contributed by atoms with E-state index in [9.17, 15) is 23.2 Å². The van der Waals surface area contributed by atoms with E-state index in [1.807, 2.05) is 30.3 Å². The van der Waals surface area contributed by atoms with Gasteiger partial charge in [0.1, 0.15) is 10.4 Å². The number of nitrogens with zero attached hydrogens (tertiary/aromatic N) is 2. The van der Waals surface area contributed by atoms with Crippen LogP contribution in [-0.2, 0) is 25.8 Å². The topological polar surface area (TPSA) is 117 Å². The first-order valence-electron chi connectivity index (χ1n) is 11.3. The van der Waals surface area contributed by atoms with Gasteiger partial charge in [-0.05, 0) is 48.2 Å². The number of thiophene rings is 1. The van der Waals surface area contributed by atoms with Crippen molar-refractivity contribution in [2.75, 3.05) is 18.8 Å². The number of rotatable bonds is 6. The van der Waals surface area contributed by atoms with Crippen molar-refractivity contribution in [3.8, 4) is 10.4 Å². The van der Waals surface area contributed by atoms with Gasteiger partial charge >= 0.3 is 0 Å². The Bertz CT molecular complexity index is 1310. The van der Waals surface area contributed by atoms with Crippen LogP contribution < -0.4 is 5.48 Å². The summed E-state index contributed by atoms with van der Waals surface area (Å²) in [7, 11) is -3.88. The smallest absolute Gasteiger partial charge is 0.272 e. The number of sulfone groups is 1. The summed E-state index contributed by atoms with van der Waals surface area (Å²) >= 11 is 1.32. The Morgan fingerprint density at radius 2 is 1.89 bits per heavy atom. The van der Waals surface area contributed by atoms with Gasteiger partial charge in [0, 0.05) is 29.0 Å². The number of hydroxylamine groups is 1. The number of amides is 2. The zero-order valence-electron chi connectivity index (χ0n) is 19.3. The van der Waals surface area contributed by atoms with Crippen LogP contribution in [0, 0.1) is 0 Å². The van der Waals surface area contributed by atoms with Crippen molar-refractivity contribution in [1.29, 1.82) is 0 Å². The maximum absolute atomic E-state index is 13.7. The summed E-state index contributed by atoms with van der Waals surface area (Å²) < 4.78 is 25.8. The molecule has 0 bridgehead atoms. The Morgan fingerprint density at radius 3 is 2.54 bits per heavy atom. The van der Waals surface area contributed by atoms with Crippen LogP contribution in [-0.4, -0.2) is 54.2 Å². The first kappa shape index (κ1) is 25.0. The summed E-state index contributed by atoms with van der Waals surface area (Å²) in [5.41, 5.74) is 3.98. The monoisotopic (exact) mass is 513 g/mol. The lowest BCUT2D eigenvalue weighted by Gasteiger charge is -2.30.